The van der Waals surface area contributed by atoms with E-state index in [0.29, 0.717) is 41.5 Å². The lowest BCUT2D eigenvalue weighted by atomic mass is 10.2. The van der Waals surface area contributed by atoms with Gasteiger partial charge >= 0.3 is 0 Å². The molecule has 29 heavy (non-hydrogen) atoms. The molecule has 0 heterocycles. The molecule has 0 spiro atoms. The molecule has 7 nitrogen and oxygen atoms in total. The second-order valence-corrected chi connectivity index (χ2v) is 7.02. The van der Waals surface area contributed by atoms with Gasteiger partial charge in [-0.2, -0.15) is 0 Å². The SMILES string of the molecule is CCCC(=O)Nc1ccc(C(=O)NNC(=O)c2cccc(OCC(C)C)c2)cc1. The van der Waals surface area contributed by atoms with E-state index in [1.807, 2.05) is 20.8 Å². The number of benzene rings is 2. The van der Waals surface area contributed by atoms with E-state index in [9.17, 15) is 14.4 Å². The van der Waals surface area contributed by atoms with Gasteiger partial charge in [-0.15, -0.1) is 0 Å². The van der Waals surface area contributed by atoms with Crippen LogP contribution in [0.2, 0.25) is 0 Å². The molecule has 3 amide bonds. The highest BCUT2D eigenvalue weighted by atomic mass is 16.5. The van der Waals surface area contributed by atoms with Gasteiger partial charge in [-0.1, -0.05) is 26.8 Å². The monoisotopic (exact) mass is 397 g/mol. The van der Waals surface area contributed by atoms with Crippen molar-refractivity contribution in [1.29, 1.82) is 0 Å². The zero-order valence-corrected chi connectivity index (χ0v) is 17.0. The van der Waals surface area contributed by atoms with Crippen molar-refractivity contribution in [1.82, 2.24) is 10.9 Å². The largest absolute Gasteiger partial charge is 0.493 e. The Morgan fingerprint density at radius 2 is 1.59 bits per heavy atom. The number of hydrazine groups is 1. The quantitative estimate of drug-likeness (QED) is 0.594. The summed E-state index contributed by atoms with van der Waals surface area (Å²) in [7, 11) is 0. The molecule has 0 aliphatic carbocycles. The Bertz CT molecular complexity index is 847. The van der Waals surface area contributed by atoms with Crippen molar-refractivity contribution in [3.05, 3.63) is 59.7 Å². The molecule has 0 aliphatic rings. The first kappa shape index (κ1) is 21.9. The molecule has 0 saturated carbocycles. The van der Waals surface area contributed by atoms with E-state index in [1.165, 1.54) is 0 Å². The second kappa shape index (κ2) is 10.8. The number of anilines is 1. The highest BCUT2D eigenvalue weighted by Crippen LogP contribution is 2.14. The standard InChI is InChI=1S/C22H27N3O4/c1-4-6-20(26)23-18-11-9-16(10-12-18)21(27)24-25-22(28)17-7-5-8-19(13-17)29-14-15(2)3/h5,7-13,15H,4,6,14H2,1-3H3,(H,23,26)(H,24,27)(H,25,28). The number of amides is 3. The van der Waals surface area contributed by atoms with Crippen molar-refractivity contribution < 1.29 is 19.1 Å². The Morgan fingerprint density at radius 1 is 0.931 bits per heavy atom. The van der Waals surface area contributed by atoms with E-state index in [-0.39, 0.29) is 5.91 Å². The van der Waals surface area contributed by atoms with Gasteiger partial charge in [0.25, 0.3) is 11.8 Å². The zero-order valence-electron chi connectivity index (χ0n) is 17.0. The molecule has 3 N–H and O–H groups in total. The third-order valence-electron chi connectivity index (χ3n) is 3.88. The molecule has 0 saturated heterocycles. The van der Waals surface area contributed by atoms with Gasteiger partial charge in [0.15, 0.2) is 0 Å². The van der Waals surface area contributed by atoms with Crippen molar-refractivity contribution in [3.8, 4) is 5.75 Å². The first-order chi connectivity index (χ1) is 13.9. The lowest BCUT2D eigenvalue weighted by molar-refractivity contribution is -0.116. The average molecular weight is 397 g/mol. The lowest BCUT2D eigenvalue weighted by Gasteiger charge is -2.11. The van der Waals surface area contributed by atoms with Crippen LogP contribution in [0, 0.1) is 5.92 Å². The number of carbonyl (C=O) groups is 3. The van der Waals surface area contributed by atoms with Gasteiger partial charge < -0.3 is 10.1 Å². The number of hydrogen-bond acceptors (Lipinski definition) is 4. The summed E-state index contributed by atoms with van der Waals surface area (Å²) >= 11 is 0. The molecular formula is C22H27N3O4. The fraction of sp³-hybridized carbons (Fsp3) is 0.318. The molecule has 0 bridgehead atoms. The summed E-state index contributed by atoms with van der Waals surface area (Å²) in [5.74, 6) is -0.0122. The minimum absolute atomic E-state index is 0.0726. The smallest absolute Gasteiger partial charge is 0.269 e. The molecular weight excluding hydrogens is 370 g/mol. The van der Waals surface area contributed by atoms with Crippen LogP contribution in [0.5, 0.6) is 5.75 Å². The van der Waals surface area contributed by atoms with E-state index >= 15 is 0 Å². The van der Waals surface area contributed by atoms with Crippen molar-refractivity contribution in [3.63, 3.8) is 0 Å². The van der Waals surface area contributed by atoms with E-state index in [2.05, 4.69) is 16.2 Å². The molecule has 0 atom stereocenters. The van der Waals surface area contributed by atoms with Gasteiger partial charge in [-0.25, -0.2) is 0 Å². The summed E-state index contributed by atoms with van der Waals surface area (Å²) in [5.41, 5.74) is 6.11. The molecule has 0 aromatic heterocycles. The molecule has 0 aliphatic heterocycles. The Hall–Kier alpha value is -3.35. The highest BCUT2D eigenvalue weighted by molar-refractivity contribution is 5.99. The minimum atomic E-state index is -0.461. The van der Waals surface area contributed by atoms with Crippen molar-refractivity contribution >= 4 is 23.4 Å². The normalized spacial score (nSPS) is 10.3. The molecule has 0 radical (unpaired) electrons. The maximum Gasteiger partial charge on any atom is 0.269 e. The topological polar surface area (TPSA) is 96.5 Å². The average Bonchev–Trinajstić information content (AvgIpc) is 2.71. The zero-order chi connectivity index (χ0) is 21.2. The third kappa shape index (κ3) is 7.29. The van der Waals surface area contributed by atoms with Gasteiger partial charge in [-0.05, 0) is 54.8 Å². The number of rotatable bonds is 8. The Kier molecular flexibility index (Phi) is 8.21. The summed E-state index contributed by atoms with van der Waals surface area (Å²) in [4.78, 5) is 36.1. The van der Waals surface area contributed by atoms with Gasteiger partial charge in [0.2, 0.25) is 5.91 Å². The Labute approximate surface area is 170 Å². The van der Waals surface area contributed by atoms with Gasteiger partial charge in [0.1, 0.15) is 5.75 Å². The van der Waals surface area contributed by atoms with Gasteiger partial charge in [0.05, 0.1) is 6.61 Å². The summed E-state index contributed by atoms with van der Waals surface area (Å²) in [6, 6.07) is 13.2. The predicted molar refractivity (Wildman–Crippen MR) is 112 cm³/mol. The summed E-state index contributed by atoms with van der Waals surface area (Å²) in [6.07, 6.45) is 1.21. The number of nitrogens with one attached hydrogen (secondary N) is 3. The Balaban J connectivity index is 1.89. The van der Waals surface area contributed by atoms with Crippen molar-refractivity contribution in [2.45, 2.75) is 33.6 Å². The highest BCUT2D eigenvalue weighted by Gasteiger charge is 2.11. The predicted octanol–water partition coefficient (Wildman–Crippen LogP) is 3.53. The maximum absolute atomic E-state index is 12.3. The molecule has 2 aromatic carbocycles. The first-order valence-corrected chi connectivity index (χ1v) is 9.62. The van der Waals surface area contributed by atoms with Crippen molar-refractivity contribution in [2.75, 3.05) is 11.9 Å². The van der Waals surface area contributed by atoms with Crippen LogP contribution >= 0.6 is 0 Å². The van der Waals surface area contributed by atoms with Crippen LogP contribution in [0.4, 0.5) is 5.69 Å². The first-order valence-electron chi connectivity index (χ1n) is 9.62. The number of ether oxygens (including phenoxy) is 1. The van der Waals surface area contributed by atoms with Crippen LogP contribution in [0.1, 0.15) is 54.3 Å². The van der Waals surface area contributed by atoms with E-state index < -0.39 is 11.8 Å². The van der Waals surface area contributed by atoms with Crippen LogP contribution < -0.4 is 20.9 Å². The van der Waals surface area contributed by atoms with Crippen LogP contribution in [-0.4, -0.2) is 24.3 Å². The second-order valence-electron chi connectivity index (χ2n) is 7.02. The number of hydrogen-bond donors (Lipinski definition) is 3. The van der Waals surface area contributed by atoms with Crippen molar-refractivity contribution in [2.24, 2.45) is 5.92 Å². The van der Waals surface area contributed by atoms with Gasteiger partial charge in [-0.3, -0.25) is 25.2 Å². The van der Waals surface area contributed by atoms with Crippen LogP contribution in [0.25, 0.3) is 0 Å². The summed E-state index contributed by atoms with van der Waals surface area (Å²) in [5, 5.41) is 2.75. The minimum Gasteiger partial charge on any atom is -0.493 e. The molecule has 0 unspecified atom stereocenters. The van der Waals surface area contributed by atoms with Crippen LogP contribution in [-0.2, 0) is 4.79 Å². The van der Waals surface area contributed by atoms with Crippen LogP contribution in [0.15, 0.2) is 48.5 Å². The Morgan fingerprint density at radius 3 is 2.21 bits per heavy atom. The maximum atomic E-state index is 12.3. The fourth-order valence-corrected chi connectivity index (χ4v) is 2.40. The third-order valence-corrected chi connectivity index (χ3v) is 3.88. The van der Waals surface area contributed by atoms with Gasteiger partial charge in [0, 0.05) is 23.2 Å². The van der Waals surface area contributed by atoms with E-state index in [1.54, 1.807) is 48.5 Å². The fourth-order valence-electron chi connectivity index (χ4n) is 2.40. The molecule has 154 valence electrons. The lowest BCUT2D eigenvalue weighted by Crippen LogP contribution is -2.41. The van der Waals surface area contributed by atoms with Crippen LogP contribution in [0.3, 0.4) is 0 Å². The summed E-state index contributed by atoms with van der Waals surface area (Å²) < 4.78 is 5.61. The number of carbonyl (C=O) groups excluding carboxylic acids is 3. The summed E-state index contributed by atoms with van der Waals surface area (Å²) in [6.45, 7) is 6.56. The molecule has 2 aromatic rings. The molecule has 0 fully saturated rings. The van der Waals surface area contributed by atoms with E-state index in [4.69, 9.17) is 4.74 Å². The molecule has 2 rings (SSSR count). The van der Waals surface area contributed by atoms with E-state index in [0.717, 1.165) is 6.42 Å². The molecule has 7 heteroatoms.